The van der Waals surface area contributed by atoms with Crippen LogP contribution >= 0.6 is 12.4 Å². The van der Waals surface area contributed by atoms with Gasteiger partial charge < -0.3 is 10.8 Å². The van der Waals surface area contributed by atoms with E-state index >= 15 is 0 Å². The molecule has 0 fully saturated rings. The second-order valence-corrected chi connectivity index (χ2v) is 2.40. The Morgan fingerprint density at radius 3 is 2.73 bits per heavy atom. The van der Waals surface area contributed by atoms with E-state index in [1.807, 2.05) is 0 Å². The number of nitrogens with two attached hydrogens (primary N) is 1. The first kappa shape index (κ1) is 10.2. The van der Waals surface area contributed by atoms with Gasteiger partial charge in [-0.15, -0.1) is 12.4 Å². The lowest BCUT2D eigenvalue weighted by Gasteiger charge is -2.14. The molecule has 1 heterocycles. The van der Waals surface area contributed by atoms with Crippen LogP contribution in [0.3, 0.4) is 0 Å². The minimum absolute atomic E-state index is 0. The molecule has 0 aromatic rings. The van der Waals surface area contributed by atoms with E-state index in [4.69, 9.17) is 10.8 Å². The minimum atomic E-state index is -0.766. The third-order valence-electron chi connectivity index (χ3n) is 1.60. The molecule has 1 aliphatic rings. The number of nitrogens with zero attached hydrogens (tertiary/aromatic N) is 1. The number of halogens is 1. The van der Waals surface area contributed by atoms with Gasteiger partial charge in [0.15, 0.2) is 0 Å². The smallest absolute Gasteiger partial charge is 0.307 e. The summed E-state index contributed by atoms with van der Waals surface area (Å²) in [6.07, 6.45) is 1.03. The van der Waals surface area contributed by atoms with Gasteiger partial charge >= 0.3 is 5.97 Å². The standard InChI is InChI=1S/C6H10N2O2.ClH/c7-5-3-4(6(9)10)1-2-8-5;/h4H,1-3H2,(H2,7,8)(H,9,10);1H. The molecule has 11 heavy (non-hydrogen) atoms. The van der Waals surface area contributed by atoms with Gasteiger partial charge in [0.2, 0.25) is 0 Å². The summed E-state index contributed by atoms with van der Waals surface area (Å²) in [5.74, 6) is -0.603. The lowest BCUT2D eigenvalue weighted by atomic mass is 9.99. The van der Waals surface area contributed by atoms with Crippen molar-refractivity contribution in [3.8, 4) is 0 Å². The average Bonchev–Trinajstić information content (AvgIpc) is 1.88. The van der Waals surface area contributed by atoms with Gasteiger partial charge in [-0.05, 0) is 6.42 Å². The van der Waals surface area contributed by atoms with E-state index in [0.717, 1.165) is 0 Å². The number of amidine groups is 1. The highest BCUT2D eigenvalue weighted by Gasteiger charge is 2.21. The van der Waals surface area contributed by atoms with Crippen molar-refractivity contribution in [1.82, 2.24) is 0 Å². The molecule has 0 bridgehead atoms. The molecule has 0 amide bonds. The largest absolute Gasteiger partial charge is 0.481 e. The van der Waals surface area contributed by atoms with Crippen LogP contribution in [-0.2, 0) is 4.79 Å². The van der Waals surface area contributed by atoms with E-state index in [-0.39, 0.29) is 18.3 Å². The van der Waals surface area contributed by atoms with Gasteiger partial charge in [0.1, 0.15) is 0 Å². The van der Waals surface area contributed by atoms with Crippen molar-refractivity contribution in [3.63, 3.8) is 0 Å². The lowest BCUT2D eigenvalue weighted by molar-refractivity contribution is -0.141. The quantitative estimate of drug-likeness (QED) is 0.605. The molecule has 1 unspecified atom stereocenters. The molecule has 0 radical (unpaired) electrons. The van der Waals surface area contributed by atoms with Crippen molar-refractivity contribution in [2.75, 3.05) is 6.54 Å². The first-order chi connectivity index (χ1) is 4.70. The van der Waals surface area contributed by atoms with Crippen LogP contribution < -0.4 is 5.73 Å². The Bertz CT molecular complexity index is 181. The third-order valence-corrected chi connectivity index (χ3v) is 1.60. The highest BCUT2D eigenvalue weighted by atomic mass is 35.5. The van der Waals surface area contributed by atoms with Crippen molar-refractivity contribution >= 4 is 24.2 Å². The summed E-state index contributed by atoms with van der Waals surface area (Å²) in [6.45, 7) is 0.558. The van der Waals surface area contributed by atoms with Gasteiger partial charge in [-0.2, -0.15) is 0 Å². The van der Waals surface area contributed by atoms with E-state index in [0.29, 0.717) is 25.2 Å². The monoisotopic (exact) mass is 178 g/mol. The van der Waals surface area contributed by atoms with Crippen LogP contribution in [0.1, 0.15) is 12.8 Å². The fourth-order valence-corrected chi connectivity index (χ4v) is 0.994. The molecule has 0 aliphatic carbocycles. The fourth-order valence-electron chi connectivity index (χ4n) is 0.994. The lowest BCUT2D eigenvalue weighted by Crippen LogP contribution is -2.27. The molecule has 0 aromatic carbocycles. The van der Waals surface area contributed by atoms with Crippen molar-refractivity contribution in [2.24, 2.45) is 16.6 Å². The number of aliphatic carboxylic acids is 1. The molecule has 1 rings (SSSR count). The Hall–Kier alpha value is -0.770. The average molecular weight is 179 g/mol. The van der Waals surface area contributed by atoms with E-state index in [1.54, 1.807) is 0 Å². The summed E-state index contributed by atoms with van der Waals surface area (Å²) in [5, 5.41) is 8.55. The number of hydrogen-bond acceptors (Lipinski definition) is 3. The summed E-state index contributed by atoms with van der Waals surface area (Å²) in [4.78, 5) is 14.3. The number of carbonyl (C=O) groups is 1. The van der Waals surface area contributed by atoms with Crippen LogP contribution in [0.25, 0.3) is 0 Å². The SMILES string of the molecule is Cl.NC1=NCCC(C(=O)O)C1. The maximum Gasteiger partial charge on any atom is 0.307 e. The maximum absolute atomic E-state index is 10.4. The first-order valence-electron chi connectivity index (χ1n) is 3.21. The van der Waals surface area contributed by atoms with Crippen LogP contribution in [0.5, 0.6) is 0 Å². The Kier molecular flexibility index (Phi) is 3.89. The van der Waals surface area contributed by atoms with E-state index in [1.165, 1.54) is 0 Å². The summed E-state index contributed by atoms with van der Waals surface area (Å²) in [5.41, 5.74) is 5.35. The molecule has 0 saturated heterocycles. The Morgan fingerprint density at radius 1 is 1.73 bits per heavy atom. The van der Waals surface area contributed by atoms with E-state index in [9.17, 15) is 4.79 Å². The fraction of sp³-hybridized carbons (Fsp3) is 0.667. The highest BCUT2D eigenvalue weighted by molar-refractivity contribution is 5.86. The van der Waals surface area contributed by atoms with Crippen molar-refractivity contribution in [1.29, 1.82) is 0 Å². The number of carboxylic acids is 1. The summed E-state index contributed by atoms with van der Waals surface area (Å²) < 4.78 is 0. The summed E-state index contributed by atoms with van der Waals surface area (Å²) in [6, 6.07) is 0. The van der Waals surface area contributed by atoms with Gasteiger partial charge in [-0.25, -0.2) is 0 Å². The van der Waals surface area contributed by atoms with Crippen LogP contribution in [0, 0.1) is 5.92 Å². The predicted octanol–water partition coefficient (Wildman–Crippen LogP) is 0.260. The van der Waals surface area contributed by atoms with E-state index in [2.05, 4.69) is 4.99 Å². The van der Waals surface area contributed by atoms with Gasteiger partial charge in [0.05, 0.1) is 11.8 Å². The summed E-state index contributed by atoms with van der Waals surface area (Å²) >= 11 is 0. The van der Waals surface area contributed by atoms with Crippen molar-refractivity contribution in [2.45, 2.75) is 12.8 Å². The molecule has 1 atom stereocenters. The Labute approximate surface area is 70.9 Å². The molecule has 0 spiro atoms. The van der Waals surface area contributed by atoms with Crippen LogP contribution in [-0.4, -0.2) is 23.5 Å². The van der Waals surface area contributed by atoms with Crippen molar-refractivity contribution in [3.05, 3.63) is 0 Å². The van der Waals surface area contributed by atoms with Gasteiger partial charge in [0, 0.05) is 13.0 Å². The Balaban J connectivity index is 0.000001000. The number of aliphatic imine (C=N–C) groups is 1. The minimum Gasteiger partial charge on any atom is -0.481 e. The van der Waals surface area contributed by atoms with Crippen molar-refractivity contribution < 1.29 is 9.90 Å². The molecular weight excluding hydrogens is 168 g/mol. The topological polar surface area (TPSA) is 75.7 Å². The zero-order valence-electron chi connectivity index (χ0n) is 5.99. The molecule has 0 saturated carbocycles. The molecule has 3 N–H and O–H groups in total. The van der Waals surface area contributed by atoms with Crippen LogP contribution in [0.4, 0.5) is 0 Å². The van der Waals surface area contributed by atoms with Crippen LogP contribution in [0.2, 0.25) is 0 Å². The zero-order valence-corrected chi connectivity index (χ0v) is 6.80. The molecule has 0 aromatic heterocycles. The highest BCUT2D eigenvalue weighted by Crippen LogP contribution is 2.13. The number of carboxylic acid groups (broad SMARTS) is 1. The molecule has 1 aliphatic heterocycles. The number of rotatable bonds is 1. The van der Waals surface area contributed by atoms with Gasteiger partial charge in [0.25, 0.3) is 0 Å². The summed E-state index contributed by atoms with van der Waals surface area (Å²) in [7, 11) is 0. The van der Waals surface area contributed by atoms with E-state index < -0.39 is 5.97 Å². The molecular formula is C6H11ClN2O2. The van der Waals surface area contributed by atoms with Gasteiger partial charge in [-0.3, -0.25) is 9.79 Å². The molecule has 5 heteroatoms. The second kappa shape index (κ2) is 4.18. The zero-order chi connectivity index (χ0) is 7.56. The maximum atomic E-state index is 10.4. The normalized spacial score (nSPS) is 23.3. The van der Waals surface area contributed by atoms with Gasteiger partial charge in [-0.1, -0.05) is 0 Å². The Morgan fingerprint density at radius 2 is 2.36 bits per heavy atom. The predicted molar refractivity (Wildman–Crippen MR) is 44.1 cm³/mol. The number of hydrogen-bond donors (Lipinski definition) is 2. The molecule has 64 valence electrons. The molecule has 4 nitrogen and oxygen atoms in total. The third kappa shape index (κ3) is 2.76. The van der Waals surface area contributed by atoms with Crippen LogP contribution in [0.15, 0.2) is 4.99 Å². The first-order valence-corrected chi connectivity index (χ1v) is 3.21. The second-order valence-electron chi connectivity index (χ2n) is 2.40.